The van der Waals surface area contributed by atoms with Gasteiger partial charge in [-0.2, -0.15) is 0 Å². The van der Waals surface area contributed by atoms with Gasteiger partial charge < -0.3 is 19.9 Å². The molecule has 0 saturated carbocycles. The molecule has 2 N–H and O–H groups in total. The molecule has 4 heteroatoms. The Hall–Kier alpha value is -1.10. The fourth-order valence-corrected chi connectivity index (χ4v) is 2.15. The van der Waals surface area contributed by atoms with Crippen LogP contribution in [0.15, 0.2) is 24.3 Å². The highest BCUT2D eigenvalue weighted by Gasteiger charge is 2.37. The van der Waals surface area contributed by atoms with Gasteiger partial charge >= 0.3 is 0 Å². The minimum absolute atomic E-state index is 0.0428. The summed E-state index contributed by atoms with van der Waals surface area (Å²) >= 11 is 0. The first-order chi connectivity index (χ1) is 9.28. The van der Waals surface area contributed by atoms with Crippen LogP contribution < -0.4 is 10.1 Å². The van der Waals surface area contributed by atoms with E-state index in [4.69, 9.17) is 9.47 Å². The number of hydrogen-bond donors (Lipinski definition) is 2. The average molecular weight is 265 g/mol. The second-order valence-electron chi connectivity index (χ2n) is 5.15. The minimum atomic E-state index is -0.0428. The number of benzene rings is 1. The van der Waals surface area contributed by atoms with E-state index in [0.717, 1.165) is 25.3 Å². The molecule has 0 amide bonds. The molecule has 1 aliphatic rings. The predicted octanol–water partition coefficient (Wildman–Crippen LogP) is 1.23. The molecule has 106 valence electrons. The van der Waals surface area contributed by atoms with E-state index in [2.05, 4.69) is 17.4 Å². The van der Waals surface area contributed by atoms with Crippen molar-refractivity contribution in [3.05, 3.63) is 29.8 Å². The van der Waals surface area contributed by atoms with Crippen LogP contribution in [0.5, 0.6) is 5.75 Å². The maximum Gasteiger partial charge on any atom is 0.119 e. The summed E-state index contributed by atoms with van der Waals surface area (Å²) in [5, 5.41) is 12.7. The summed E-state index contributed by atoms with van der Waals surface area (Å²) in [6.07, 6.45) is 0.981. The highest BCUT2D eigenvalue weighted by atomic mass is 16.5. The molecule has 1 aromatic rings. The van der Waals surface area contributed by atoms with Crippen molar-refractivity contribution in [2.24, 2.45) is 5.41 Å². The average Bonchev–Trinajstić information content (AvgIpc) is 2.39. The van der Waals surface area contributed by atoms with Crippen LogP contribution in [0.2, 0.25) is 0 Å². The van der Waals surface area contributed by atoms with Gasteiger partial charge in [-0.15, -0.1) is 0 Å². The molecule has 0 atom stereocenters. The Kier molecular flexibility index (Phi) is 5.19. The summed E-state index contributed by atoms with van der Waals surface area (Å²) in [6, 6.07) is 8.21. The lowest BCUT2D eigenvalue weighted by atomic mass is 9.87. The molecule has 0 bridgehead atoms. The standard InChI is InChI=1S/C15H23NO3/c1-2-19-14-5-3-13(4-6-14)7-8-16-9-15(10-17)11-18-12-15/h3-6,16-17H,2,7-12H2,1H3. The zero-order valence-corrected chi connectivity index (χ0v) is 11.5. The summed E-state index contributed by atoms with van der Waals surface area (Å²) < 4.78 is 10.6. The van der Waals surface area contributed by atoms with Crippen LogP contribution >= 0.6 is 0 Å². The lowest BCUT2D eigenvalue weighted by Gasteiger charge is -2.40. The van der Waals surface area contributed by atoms with Gasteiger partial charge in [-0.05, 0) is 37.6 Å². The number of hydrogen-bond acceptors (Lipinski definition) is 4. The van der Waals surface area contributed by atoms with Gasteiger partial charge in [-0.25, -0.2) is 0 Å². The maximum absolute atomic E-state index is 9.30. The molecule has 1 aliphatic heterocycles. The third-order valence-corrected chi connectivity index (χ3v) is 3.48. The van der Waals surface area contributed by atoms with E-state index in [9.17, 15) is 5.11 Å². The van der Waals surface area contributed by atoms with Crippen LogP contribution in [-0.2, 0) is 11.2 Å². The summed E-state index contributed by atoms with van der Waals surface area (Å²) in [5.41, 5.74) is 1.25. The van der Waals surface area contributed by atoms with E-state index < -0.39 is 0 Å². The highest BCUT2D eigenvalue weighted by Crippen LogP contribution is 2.25. The van der Waals surface area contributed by atoms with Gasteiger partial charge in [0.15, 0.2) is 0 Å². The van der Waals surface area contributed by atoms with Gasteiger partial charge in [-0.3, -0.25) is 0 Å². The number of rotatable bonds is 8. The van der Waals surface area contributed by atoms with Gasteiger partial charge in [0, 0.05) is 6.54 Å². The molecule has 1 fully saturated rings. The topological polar surface area (TPSA) is 50.7 Å². The number of aliphatic hydroxyl groups excluding tert-OH is 1. The summed E-state index contributed by atoms with van der Waals surface area (Å²) in [4.78, 5) is 0. The molecule has 0 aromatic heterocycles. The molecular weight excluding hydrogens is 242 g/mol. The Balaban J connectivity index is 1.67. The first-order valence-corrected chi connectivity index (χ1v) is 6.89. The van der Waals surface area contributed by atoms with Crippen LogP contribution in [0.25, 0.3) is 0 Å². The van der Waals surface area contributed by atoms with Crippen LogP contribution in [0.4, 0.5) is 0 Å². The Morgan fingerprint density at radius 3 is 2.58 bits per heavy atom. The molecule has 19 heavy (non-hydrogen) atoms. The van der Waals surface area contributed by atoms with E-state index in [1.807, 2.05) is 19.1 Å². The Morgan fingerprint density at radius 1 is 1.32 bits per heavy atom. The van der Waals surface area contributed by atoms with Crippen molar-refractivity contribution in [3.63, 3.8) is 0 Å². The normalized spacial score (nSPS) is 16.9. The molecule has 1 heterocycles. The fraction of sp³-hybridized carbons (Fsp3) is 0.600. The number of nitrogens with one attached hydrogen (secondary N) is 1. The largest absolute Gasteiger partial charge is 0.494 e. The van der Waals surface area contributed by atoms with Crippen molar-refractivity contribution < 1.29 is 14.6 Å². The third-order valence-electron chi connectivity index (χ3n) is 3.48. The summed E-state index contributed by atoms with van der Waals surface area (Å²) in [7, 11) is 0. The second-order valence-corrected chi connectivity index (χ2v) is 5.15. The van der Waals surface area contributed by atoms with Crippen molar-refractivity contribution in [2.45, 2.75) is 13.3 Å². The molecule has 0 radical (unpaired) electrons. The van der Waals surface area contributed by atoms with Crippen LogP contribution in [0, 0.1) is 5.41 Å². The molecule has 0 spiro atoms. The van der Waals surface area contributed by atoms with Crippen LogP contribution in [0.3, 0.4) is 0 Å². The van der Waals surface area contributed by atoms with E-state index in [1.165, 1.54) is 5.56 Å². The van der Waals surface area contributed by atoms with Crippen LogP contribution in [0.1, 0.15) is 12.5 Å². The van der Waals surface area contributed by atoms with Crippen molar-refractivity contribution in [1.29, 1.82) is 0 Å². The monoisotopic (exact) mass is 265 g/mol. The zero-order valence-electron chi connectivity index (χ0n) is 11.5. The summed E-state index contributed by atoms with van der Waals surface area (Å²) in [6.45, 7) is 5.95. The molecular formula is C15H23NO3. The van der Waals surface area contributed by atoms with E-state index in [0.29, 0.717) is 19.8 Å². The van der Waals surface area contributed by atoms with E-state index in [1.54, 1.807) is 0 Å². The molecule has 0 aliphatic carbocycles. The SMILES string of the molecule is CCOc1ccc(CCNCC2(CO)COC2)cc1. The maximum atomic E-state index is 9.30. The van der Waals surface area contributed by atoms with E-state index >= 15 is 0 Å². The van der Waals surface area contributed by atoms with Gasteiger partial charge in [-0.1, -0.05) is 12.1 Å². The third kappa shape index (κ3) is 3.93. The quantitative estimate of drug-likeness (QED) is 0.694. The van der Waals surface area contributed by atoms with Crippen LogP contribution in [-0.4, -0.2) is 44.6 Å². The highest BCUT2D eigenvalue weighted by molar-refractivity contribution is 5.27. The Morgan fingerprint density at radius 2 is 2.05 bits per heavy atom. The van der Waals surface area contributed by atoms with Crippen molar-refractivity contribution in [3.8, 4) is 5.75 Å². The fourth-order valence-electron chi connectivity index (χ4n) is 2.15. The van der Waals surface area contributed by atoms with Gasteiger partial charge in [0.2, 0.25) is 0 Å². The smallest absolute Gasteiger partial charge is 0.119 e. The number of ether oxygens (including phenoxy) is 2. The van der Waals surface area contributed by atoms with Gasteiger partial charge in [0.25, 0.3) is 0 Å². The first kappa shape index (κ1) is 14.3. The van der Waals surface area contributed by atoms with Crippen molar-refractivity contribution in [1.82, 2.24) is 5.32 Å². The molecule has 1 saturated heterocycles. The van der Waals surface area contributed by atoms with Crippen molar-refractivity contribution >= 4 is 0 Å². The predicted molar refractivity (Wildman–Crippen MR) is 74.5 cm³/mol. The lowest BCUT2D eigenvalue weighted by Crippen LogP contribution is -2.52. The van der Waals surface area contributed by atoms with Gasteiger partial charge in [0.1, 0.15) is 5.75 Å². The molecule has 4 nitrogen and oxygen atoms in total. The molecule has 1 aromatic carbocycles. The Labute approximate surface area is 114 Å². The molecule has 0 unspecified atom stereocenters. The first-order valence-electron chi connectivity index (χ1n) is 6.89. The minimum Gasteiger partial charge on any atom is -0.494 e. The molecule has 2 rings (SSSR count). The summed E-state index contributed by atoms with van der Waals surface area (Å²) in [5.74, 6) is 0.921. The zero-order chi connectivity index (χ0) is 13.6. The van der Waals surface area contributed by atoms with E-state index in [-0.39, 0.29) is 12.0 Å². The van der Waals surface area contributed by atoms with Crippen molar-refractivity contribution in [2.75, 3.05) is 39.5 Å². The second kappa shape index (κ2) is 6.89. The number of aliphatic hydroxyl groups is 1. The van der Waals surface area contributed by atoms with Gasteiger partial charge in [0.05, 0.1) is 31.8 Å². The lowest BCUT2D eigenvalue weighted by molar-refractivity contribution is -0.134. The Bertz CT molecular complexity index is 368.